The fourth-order valence-corrected chi connectivity index (χ4v) is 2.79. The van der Waals surface area contributed by atoms with Crippen molar-refractivity contribution >= 4 is 11.6 Å². The zero-order valence-corrected chi connectivity index (χ0v) is 12.0. The summed E-state index contributed by atoms with van der Waals surface area (Å²) in [6.07, 6.45) is 5.99. The molecule has 2 heterocycles. The van der Waals surface area contributed by atoms with Crippen molar-refractivity contribution in [3.05, 3.63) is 36.9 Å². The van der Waals surface area contributed by atoms with Gasteiger partial charge in [0.1, 0.15) is 12.7 Å². The van der Waals surface area contributed by atoms with E-state index in [-0.39, 0.29) is 5.91 Å². The Morgan fingerprint density at radius 1 is 1.43 bits per heavy atom. The van der Waals surface area contributed by atoms with Gasteiger partial charge in [0.25, 0.3) is 0 Å². The number of amides is 1. The lowest BCUT2D eigenvalue weighted by Gasteiger charge is -2.26. The Hall–Kier alpha value is -2.21. The van der Waals surface area contributed by atoms with Crippen molar-refractivity contribution in [2.45, 2.75) is 31.7 Å². The van der Waals surface area contributed by atoms with Crippen LogP contribution in [0.3, 0.4) is 0 Å². The molecule has 1 aromatic carbocycles. The van der Waals surface area contributed by atoms with E-state index in [0.29, 0.717) is 0 Å². The first-order valence-electron chi connectivity index (χ1n) is 7.25. The SMILES string of the molecule is CCC1(C(=O)Nc2cccc(-n3cnnc3)c2)CCCN1. The van der Waals surface area contributed by atoms with E-state index in [4.69, 9.17) is 0 Å². The van der Waals surface area contributed by atoms with E-state index in [1.165, 1.54) is 0 Å². The van der Waals surface area contributed by atoms with Crippen molar-refractivity contribution in [2.75, 3.05) is 11.9 Å². The van der Waals surface area contributed by atoms with Crippen LogP contribution in [-0.2, 0) is 4.79 Å². The van der Waals surface area contributed by atoms with Crippen LogP contribution in [-0.4, -0.2) is 32.8 Å². The summed E-state index contributed by atoms with van der Waals surface area (Å²) in [7, 11) is 0. The molecule has 0 radical (unpaired) electrons. The predicted octanol–water partition coefficient (Wildman–Crippen LogP) is 1.74. The van der Waals surface area contributed by atoms with Crippen molar-refractivity contribution in [1.29, 1.82) is 0 Å². The number of benzene rings is 1. The second kappa shape index (κ2) is 5.65. The average Bonchev–Trinajstić information content (AvgIpc) is 3.20. The summed E-state index contributed by atoms with van der Waals surface area (Å²) in [4.78, 5) is 12.6. The van der Waals surface area contributed by atoms with Gasteiger partial charge in [-0.2, -0.15) is 0 Å². The van der Waals surface area contributed by atoms with E-state index in [0.717, 1.165) is 37.2 Å². The third-order valence-electron chi connectivity index (χ3n) is 4.10. The second-order valence-corrected chi connectivity index (χ2v) is 5.34. The number of hydrogen-bond donors (Lipinski definition) is 2. The highest BCUT2D eigenvalue weighted by Gasteiger charge is 2.39. The predicted molar refractivity (Wildman–Crippen MR) is 80.2 cm³/mol. The summed E-state index contributed by atoms with van der Waals surface area (Å²) < 4.78 is 1.80. The molecule has 21 heavy (non-hydrogen) atoms. The lowest BCUT2D eigenvalue weighted by molar-refractivity contribution is -0.122. The molecule has 3 rings (SSSR count). The topological polar surface area (TPSA) is 71.8 Å². The summed E-state index contributed by atoms with van der Waals surface area (Å²) in [5.74, 6) is 0.0448. The van der Waals surface area contributed by atoms with Crippen LogP contribution in [0.2, 0.25) is 0 Å². The highest BCUT2D eigenvalue weighted by molar-refractivity contribution is 5.98. The van der Waals surface area contributed by atoms with Gasteiger partial charge in [0.2, 0.25) is 5.91 Å². The fraction of sp³-hybridized carbons (Fsp3) is 0.400. The van der Waals surface area contributed by atoms with Crippen LogP contribution in [0, 0.1) is 0 Å². The standard InChI is InChI=1S/C15H19N5O/c1-2-15(7-4-8-16-15)14(21)19-12-5-3-6-13(9-12)20-10-17-18-11-20/h3,5-6,9-11,16H,2,4,7-8H2,1H3,(H,19,21). The molecular weight excluding hydrogens is 266 g/mol. The number of anilines is 1. The molecule has 1 atom stereocenters. The summed E-state index contributed by atoms with van der Waals surface area (Å²) >= 11 is 0. The maximum atomic E-state index is 12.6. The van der Waals surface area contributed by atoms with Gasteiger partial charge in [0.15, 0.2) is 0 Å². The molecule has 6 nitrogen and oxygen atoms in total. The van der Waals surface area contributed by atoms with Crippen molar-refractivity contribution in [3.63, 3.8) is 0 Å². The Bertz CT molecular complexity index is 617. The number of hydrogen-bond acceptors (Lipinski definition) is 4. The monoisotopic (exact) mass is 285 g/mol. The van der Waals surface area contributed by atoms with Crippen LogP contribution in [0.25, 0.3) is 5.69 Å². The van der Waals surface area contributed by atoms with Gasteiger partial charge in [-0.05, 0) is 44.0 Å². The minimum atomic E-state index is -0.424. The number of rotatable bonds is 4. The molecule has 2 aromatic rings. The Labute approximate surface area is 123 Å². The van der Waals surface area contributed by atoms with Gasteiger partial charge in [0.05, 0.1) is 11.2 Å². The number of carbonyl (C=O) groups excluding carboxylic acids is 1. The zero-order valence-electron chi connectivity index (χ0n) is 12.0. The van der Waals surface area contributed by atoms with Gasteiger partial charge in [-0.1, -0.05) is 13.0 Å². The first-order chi connectivity index (χ1) is 10.2. The van der Waals surface area contributed by atoms with Crippen LogP contribution >= 0.6 is 0 Å². The summed E-state index contributed by atoms with van der Waals surface area (Å²) in [6, 6.07) is 7.66. The second-order valence-electron chi connectivity index (χ2n) is 5.34. The highest BCUT2D eigenvalue weighted by atomic mass is 16.2. The maximum Gasteiger partial charge on any atom is 0.244 e. The molecule has 1 aliphatic rings. The first kappa shape index (κ1) is 13.8. The van der Waals surface area contributed by atoms with Crippen LogP contribution in [0.1, 0.15) is 26.2 Å². The van der Waals surface area contributed by atoms with Gasteiger partial charge >= 0.3 is 0 Å². The third kappa shape index (κ3) is 2.67. The lowest BCUT2D eigenvalue weighted by atomic mass is 9.93. The lowest BCUT2D eigenvalue weighted by Crippen LogP contribution is -2.50. The summed E-state index contributed by atoms with van der Waals surface area (Å²) in [6.45, 7) is 2.95. The third-order valence-corrected chi connectivity index (χ3v) is 4.10. The summed E-state index contributed by atoms with van der Waals surface area (Å²) in [5.41, 5.74) is 1.28. The average molecular weight is 285 g/mol. The number of carbonyl (C=O) groups is 1. The van der Waals surface area contributed by atoms with E-state index in [2.05, 4.69) is 20.8 Å². The fourth-order valence-electron chi connectivity index (χ4n) is 2.79. The molecule has 0 saturated carbocycles. The largest absolute Gasteiger partial charge is 0.324 e. The minimum Gasteiger partial charge on any atom is -0.324 e. The van der Waals surface area contributed by atoms with Crippen molar-refractivity contribution in [1.82, 2.24) is 20.1 Å². The molecule has 2 N–H and O–H groups in total. The number of nitrogens with one attached hydrogen (secondary N) is 2. The van der Waals surface area contributed by atoms with Gasteiger partial charge < -0.3 is 10.6 Å². The molecule has 0 spiro atoms. The minimum absolute atomic E-state index is 0.0448. The Morgan fingerprint density at radius 2 is 2.24 bits per heavy atom. The van der Waals surface area contributed by atoms with Crippen molar-refractivity contribution in [2.24, 2.45) is 0 Å². The molecule has 1 unspecified atom stereocenters. The quantitative estimate of drug-likeness (QED) is 0.897. The van der Waals surface area contributed by atoms with Gasteiger partial charge in [-0.3, -0.25) is 9.36 Å². The van der Waals surface area contributed by atoms with Gasteiger partial charge in [-0.25, -0.2) is 0 Å². The van der Waals surface area contributed by atoms with Crippen LogP contribution in [0.4, 0.5) is 5.69 Å². The number of aromatic nitrogens is 3. The normalized spacial score (nSPS) is 21.4. The zero-order chi connectivity index (χ0) is 14.7. The van der Waals surface area contributed by atoms with Gasteiger partial charge in [-0.15, -0.1) is 10.2 Å². The first-order valence-corrected chi connectivity index (χ1v) is 7.25. The number of nitrogens with zero attached hydrogens (tertiary/aromatic N) is 3. The van der Waals surface area contributed by atoms with E-state index in [1.807, 2.05) is 31.2 Å². The van der Waals surface area contributed by atoms with Crippen LogP contribution < -0.4 is 10.6 Å². The van der Waals surface area contributed by atoms with Crippen molar-refractivity contribution < 1.29 is 4.79 Å². The molecule has 1 amide bonds. The molecule has 1 saturated heterocycles. The molecule has 6 heteroatoms. The van der Waals surface area contributed by atoms with Crippen molar-refractivity contribution in [3.8, 4) is 5.69 Å². The Balaban J connectivity index is 1.79. The molecule has 0 aliphatic carbocycles. The highest BCUT2D eigenvalue weighted by Crippen LogP contribution is 2.25. The van der Waals surface area contributed by atoms with E-state index >= 15 is 0 Å². The summed E-state index contributed by atoms with van der Waals surface area (Å²) in [5, 5.41) is 14.0. The van der Waals surface area contributed by atoms with Crippen LogP contribution in [0.15, 0.2) is 36.9 Å². The molecule has 1 aromatic heterocycles. The van der Waals surface area contributed by atoms with E-state index in [9.17, 15) is 4.79 Å². The molecule has 1 fully saturated rings. The smallest absolute Gasteiger partial charge is 0.244 e. The molecular formula is C15H19N5O. The molecule has 110 valence electrons. The molecule has 0 bridgehead atoms. The Kier molecular flexibility index (Phi) is 3.70. The maximum absolute atomic E-state index is 12.6. The van der Waals surface area contributed by atoms with Crippen LogP contribution in [0.5, 0.6) is 0 Å². The van der Waals surface area contributed by atoms with Gasteiger partial charge in [0, 0.05) is 5.69 Å². The Morgan fingerprint density at radius 3 is 2.90 bits per heavy atom. The molecule has 1 aliphatic heterocycles. The van der Waals surface area contributed by atoms with E-state index in [1.54, 1.807) is 17.2 Å². The van der Waals surface area contributed by atoms with E-state index < -0.39 is 5.54 Å².